The maximum atomic E-state index is 9.64. The van der Waals surface area contributed by atoms with Crippen LogP contribution in [0.5, 0.6) is 0 Å². The molecule has 8 heteroatoms. The van der Waals surface area contributed by atoms with Gasteiger partial charge in [-0.3, -0.25) is 0 Å². The Balaban J connectivity index is -0.00000000625. The Hall–Kier alpha value is 2.00. The van der Waals surface area contributed by atoms with Gasteiger partial charge < -0.3 is 21.4 Å². The fourth-order valence-electron chi connectivity index (χ4n) is 0. The van der Waals surface area contributed by atoms with E-state index < -0.39 is 7.32 Å². The monoisotopic (exact) mass is 142 g/mol. The van der Waals surface area contributed by atoms with E-state index >= 15 is 0 Å². The zero-order valence-corrected chi connectivity index (χ0v) is 9.30. The minimum Gasteiger partial charge on any atom is -1.00 e. The van der Waals surface area contributed by atoms with E-state index in [1.807, 2.05) is 0 Å². The summed E-state index contributed by atoms with van der Waals surface area (Å²) in [6.07, 6.45) is 0. The molecular weight excluding hydrogens is 135 g/mol. The molecule has 0 saturated carbocycles. The summed E-state index contributed by atoms with van der Waals surface area (Å²) >= 11 is -0.194. The molecule has 0 aromatic rings. The predicted molar refractivity (Wildman–Crippen MR) is 24.3 cm³/mol. The SMILES string of the molecule is OB(O)O.[F][AlH2].[H-].[H-].[Li+].[Na+]. The van der Waals surface area contributed by atoms with Crippen molar-refractivity contribution in [3.05, 3.63) is 0 Å². The molecule has 0 bridgehead atoms. The first-order chi connectivity index (χ1) is 2.73. The van der Waals surface area contributed by atoms with Crippen molar-refractivity contribution in [2.75, 3.05) is 0 Å². The number of hydrogen-bond acceptors (Lipinski definition) is 3. The molecule has 0 aliphatic carbocycles. The van der Waals surface area contributed by atoms with Crippen molar-refractivity contribution in [1.82, 2.24) is 0 Å². The molecule has 0 unspecified atom stereocenters. The average molecular weight is 142 g/mol. The Morgan fingerprint density at radius 1 is 1.25 bits per heavy atom. The first-order valence-electron chi connectivity index (χ1n) is 1.15. The summed E-state index contributed by atoms with van der Waals surface area (Å²) in [5.74, 6) is 0. The molecule has 0 aromatic carbocycles. The first kappa shape index (κ1) is 22.5. The fourth-order valence-corrected chi connectivity index (χ4v) is 0. The van der Waals surface area contributed by atoms with Gasteiger partial charge in [0.1, 0.15) is 0 Å². The minimum atomic E-state index is -2.17. The Morgan fingerprint density at radius 3 is 1.25 bits per heavy atom. The van der Waals surface area contributed by atoms with Crippen LogP contribution >= 0.6 is 0 Å². The summed E-state index contributed by atoms with van der Waals surface area (Å²) < 4.78 is 9.64. The zero-order valence-electron chi connectivity index (χ0n) is 7.30. The van der Waals surface area contributed by atoms with Crippen molar-refractivity contribution in [1.29, 1.82) is 0 Å². The van der Waals surface area contributed by atoms with E-state index in [0.29, 0.717) is 0 Å². The van der Waals surface area contributed by atoms with Gasteiger partial charge in [0.15, 0.2) is 0 Å². The number of hydrogen-bond donors (Lipinski definition) is 3. The Labute approximate surface area is 93.2 Å². The molecule has 0 amide bonds. The summed E-state index contributed by atoms with van der Waals surface area (Å²) in [4.78, 5) is 0. The summed E-state index contributed by atoms with van der Waals surface area (Å²) in [6.45, 7) is 0. The fraction of sp³-hybridized carbons (Fsp3) is 0. The molecule has 0 radical (unpaired) electrons. The quantitative estimate of drug-likeness (QED) is 0.294. The van der Waals surface area contributed by atoms with Gasteiger partial charge in [0.25, 0.3) is 0 Å². The van der Waals surface area contributed by atoms with Crippen LogP contribution in [0.4, 0.5) is 3.52 Å². The van der Waals surface area contributed by atoms with Gasteiger partial charge in [0.05, 0.1) is 0 Å². The molecule has 40 valence electrons. The second kappa shape index (κ2) is 23.0. The molecule has 0 aromatic heterocycles. The van der Waals surface area contributed by atoms with E-state index in [-0.39, 0.29) is 68.0 Å². The minimum absolute atomic E-state index is 0. The molecule has 0 heterocycles. The Morgan fingerprint density at radius 2 is 1.25 bits per heavy atom. The van der Waals surface area contributed by atoms with Crippen LogP contribution in [0, 0.1) is 0 Å². The van der Waals surface area contributed by atoms with E-state index in [1.165, 1.54) is 0 Å². The van der Waals surface area contributed by atoms with Gasteiger partial charge in [-0.1, -0.05) is 0 Å². The van der Waals surface area contributed by atoms with Crippen LogP contribution in [-0.2, 0) is 0 Å². The van der Waals surface area contributed by atoms with Crippen LogP contribution in [0.2, 0.25) is 0 Å². The Bertz CT molecular complexity index is 31.2. The maximum Gasteiger partial charge on any atom is 1.00 e. The molecular formula is H7AlBFLiNaO3. The second-order valence-corrected chi connectivity index (χ2v) is 0.346. The van der Waals surface area contributed by atoms with Crippen LogP contribution in [0.15, 0.2) is 0 Å². The molecule has 0 atom stereocenters. The topological polar surface area (TPSA) is 60.7 Å². The van der Waals surface area contributed by atoms with Crippen LogP contribution in [-0.4, -0.2) is 39.1 Å². The smallest absolute Gasteiger partial charge is 1.00 e. The number of rotatable bonds is 0. The predicted octanol–water partition coefficient (Wildman–Crippen LogP) is -8.31. The van der Waals surface area contributed by atoms with Crippen LogP contribution < -0.4 is 48.4 Å². The van der Waals surface area contributed by atoms with Crippen molar-refractivity contribution >= 4 is 24.1 Å². The third-order valence-corrected chi connectivity index (χ3v) is 0. The molecule has 0 fully saturated rings. The van der Waals surface area contributed by atoms with Crippen LogP contribution in [0.25, 0.3) is 0 Å². The van der Waals surface area contributed by atoms with Crippen molar-refractivity contribution < 1.29 is 69.9 Å². The van der Waals surface area contributed by atoms with Crippen LogP contribution in [0.1, 0.15) is 2.85 Å². The first-order valence-corrected chi connectivity index (χ1v) is 1.91. The van der Waals surface area contributed by atoms with Gasteiger partial charge in [-0.15, -0.1) is 0 Å². The van der Waals surface area contributed by atoms with Crippen molar-refractivity contribution in [3.63, 3.8) is 0 Å². The molecule has 0 spiro atoms. The third-order valence-electron chi connectivity index (χ3n) is 0. The summed E-state index contributed by atoms with van der Waals surface area (Å²) in [7, 11) is -2.17. The van der Waals surface area contributed by atoms with Crippen molar-refractivity contribution in [2.45, 2.75) is 0 Å². The van der Waals surface area contributed by atoms with Crippen LogP contribution in [0.3, 0.4) is 0 Å². The molecule has 0 aliphatic rings. The third kappa shape index (κ3) is 97.7. The maximum absolute atomic E-state index is 9.64. The van der Waals surface area contributed by atoms with E-state index in [1.54, 1.807) is 0 Å². The average Bonchev–Trinajstić information content (AvgIpc) is 1.41. The largest absolute Gasteiger partial charge is 1.00 e. The summed E-state index contributed by atoms with van der Waals surface area (Å²) in [6, 6.07) is 0. The Kier molecular flexibility index (Phi) is 64.8. The second-order valence-electron chi connectivity index (χ2n) is 0.346. The van der Waals surface area contributed by atoms with E-state index in [0.717, 1.165) is 0 Å². The van der Waals surface area contributed by atoms with Gasteiger partial charge in [0.2, 0.25) is 0 Å². The van der Waals surface area contributed by atoms with Gasteiger partial charge in [-0.2, -0.15) is 0 Å². The van der Waals surface area contributed by atoms with E-state index in [2.05, 4.69) is 0 Å². The summed E-state index contributed by atoms with van der Waals surface area (Å²) in [5, 5.41) is 21.5. The molecule has 0 saturated heterocycles. The van der Waals surface area contributed by atoms with Gasteiger partial charge in [-0.25, -0.2) is 0 Å². The molecule has 3 nitrogen and oxygen atoms in total. The summed E-state index contributed by atoms with van der Waals surface area (Å²) in [5.41, 5.74) is 0. The van der Waals surface area contributed by atoms with Crippen molar-refractivity contribution in [3.8, 4) is 0 Å². The molecule has 0 rings (SSSR count). The molecule has 8 heavy (non-hydrogen) atoms. The standard InChI is InChI=1S/Al.BH3O3.FH.Li.Na.4H/c;2-1(3)4;;;;;;;/h;2-4H;1H;;;;;;/q+1;;;2*+1;;;2*-1/p-1. The van der Waals surface area contributed by atoms with Gasteiger partial charge in [-0.05, 0) is 0 Å². The van der Waals surface area contributed by atoms with Gasteiger partial charge >= 0.3 is 72.5 Å². The molecule has 0 aliphatic heterocycles. The van der Waals surface area contributed by atoms with E-state index in [4.69, 9.17) is 15.1 Å². The molecule has 3 N–H and O–H groups in total. The number of halogens is 1. The van der Waals surface area contributed by atoms with Gasteiger partial charge in [0, 0.05) is 0 Å². The van der Waals surface area contributed by atoms with Crippen molar-refractivity contribution in [2.24, 2.45) is 0 Å². The van der Waals surface area contributed by atoms with E-state index in [9.17, 15) is 3.52 Å². The zero-order chi connectivity index (χ0) is 5.58. The normalized spacial score (nSPS) is 4.00.